The fraction of sp³-hybridized carbons (Fsp3) is 0.750. The number of rotatable bonds is 4. The first kappa shape index (κ1) is 23.5. The summed E-state index contributed by atoms with van der Waals surface area (Å²) in [4.78, 5) is 22.4. The Morgan fingerprint density at radius 2 is 1.58 bits per heavy atom. The number of nitrogens with zero attached hydrogens (tertiary/aromatic N) is 9. The summed E-state index contributed by atoms with van der Waals surface area (Å²) in [7, 11) is 0. The summed E-state index contributed by atoms with van der Waals surface area (Å²) in [6.07, 6.45) is -5.12. The molecule has 2 aromatic heterocycles. The van der Waals surface area contributed by atoms with Crippen molar-refractivity contribution >= 4 is 6.03 Å². The van der Waals surface area contributed by atoms with Crippen molar-refractivity contribution in [3.05, 3.63) is 24.0 Å². The van der Waals surface area contributed by atoms with Gasteiger partial charge in [0.25, 0.3) is 5.82 Å². The Hall–Kier alpha value is -2.91. The summed E-state index contributed by atoms with van der Waals surface area (Å²) < 4.78 is 76.7. The SMILES string of the molecule is O=C(N1CC2(CC(n3cnc(C(F)(F)F)n3)C2)C1)N1CC2(CN(Cc3cnn(CC(F)(F)F)n3)C2)C1. The van der Waals surface area contributed by atoms with Crippen LogP contribution < -0.4 is 0 Å². The van der Waals surface area contributed by atoms with Crippen molar-refractivity contribution in [1.82, 2.24) is 44.5 Å². The number of carbonyl (C=O) groups is 1. The molecule has 2 spiro atoms. The van der Waals surface area contributed by atoms with Crippen molar-refractivity contribution in [2.45, 2.75) is 44.3 Å². The number of amides is 2. The number of alkyl halides is 6. The lowest BCUT2D eigenvalue weighted by atomic mass is 9.60. The molecular weight excluding hydrogens is 496 g/mol. The molecule has 36 heavy (non-hydrogen) atoms. The van der Waals surface area contributed by atoms with E-state index < -0.39 is 24.7 Å². The molecule has 5 heterocycles. The van der Waals surface area contributed by atoms with Crippen molar-refractivity contribution in [3.63, 3.8) is 0 Å². The molecule has 0 unspecified atom stereocenters. The average molecular weight is 519 g/mol. The number of urea groups is 1. The molecule has 196 valence electrons. The van der Waals surface area contributed by atoms with Gasteiger partial charge in [-0.15, -0.1) is 5.10 Å². The highest BCUT2D eigenvalue weighted by molar-refractivity contribution is 5.77. The standard InChI is InChI=1S/C20H23F6N9O/c21-19(22,23)11-35-28-3-13(29-35)4-31-5-18(6-31)9-33(10-18)16(36)32-7-17(8-32)1-14(2-17)34-12-27-15(30-34)20(24,25)26/h3,12,14H,1-2,4-11H2. The van der Waals surface area contributed by atoms with Crippen molar-refractivity contribution in [2.75, 3.05) is 39.3 Å². The molecule has 4 aliphatic rings. The van der Waals surface area contributed by atoms with Crippen LogP contribution >= 0.6 is 0 Å². The van der Waals surface area contributed by atoms with Crippen LogP contribution in [-0.2, 0) is 19.3 Å². The van der Waals surface area contributed by atoms with Crippen LogP contribution in [0.25, 0.3) is 0 Å². The van der Waals surface area contributed by atoms with Crippen LogP contribution in [0, 0.1) is 10.8 Å². The van der Waals surface area contributed by atoms with E-state index in [2.05, 4.69) is 25.2 Å². The Labute approximate surface area is 200 Å². The highest BCUT2D eigenvalue weighted by Gasteiger charge is 2.58. The van der Waals surface area contributed by atoms with Crippen LogP contribution in [0.3, 0.4) is 0 Å². The average Bonchev–Trinajstić information content (AvgIpc) is 3.28. The van der Waals surface area contributed by atoms with Crippen molar-refractivity contribution in [1.29, 1.82) is 0 Å². The van der Waals surface area contributed by atoms with E-state index in [0.717, 1.165) is 19.4 Å². The summed E-state index contributed by atoms with van der Waals surface area (Å²) >= 11 is 0. The monoisotopic (exact) mass is 519 g/mol. The number of likely N-dealkylation sites (tertiary alicyclic amines) is 3. The highest BCUT2D eigenvalue weighted by Crippen LogP contribution is 2.54. The van der Waals surface area contributed by atoms with Gasteiger partial charge in [-0.25, -0.2) is 14.5 Å². The molecule has 3 saturated heterocycles. The van der Waals surface area contributed by atoms with Gasteiger partial charge in [0.1, 0.15) is 6.33 Å². The molecule has 0 aromatic carbocycles. The quantitative estimate of drug-likeness (QED) is 0.575. The summed E-state index contributed by atoms with van der Waals surface area (Å²) in [6.45, 7) is 3.13. The van der Waals surface area contributed by atoms with Crippen molar-refractivity contribution in [2.24, 2.45) is 10.8 Å². The Kier molecular flexibility index (Phi) is 4.93. The van der Waals surface area contributed by atoms with Gasteiger partial charge in [-0.1, -0.05) is 0 Å². The van der Waals surface area contributed by atoms with E-state index in [4.69, 9.17) is 0 Å². The van der Waals surface area contributed by atoms with E-state index in [-0.39, 0.29) is 22.9 Å². The van der Waals surface area contributed by atoms with Crippen LogP contribution in [0.4, 0.5) is 31.1 Å². The van der Waals surface area contributed by atoms with Crippen LogP contribution in [0.5, 0.6) is 0 Å². The first-order valence-electron chi connectivity index (χ1n) is 11.5. The second-order valence-electron chi connectivity index (χ2n) is 10.7. The summed E-state index contributed by atoms with van der Waals surface area (Å²) in [5.74, 6) is -1.14. The predicted molar refractivity (Wildman–Crippen MR) is 108 cm³/mol. The largest absolute Gasteiger partial charge is 0.453 e. The zero-order valence-corrected chi connectivity index (χ0v) is 19.0. The Morgan fingerprint density at radius 1 is 0.944 bits per heavy atom. The summed E-state index contributed by atoms with van der Waals surface area (Å²) in [5, 5.41) is 11.1. The van der Waals surface area contributed by atoms with Gasteiger partial charge in [0.2, 0.25) is 0 Å². The van der Waals surface area contributed by atoms with Crippen molar-refractivity contribution in [3.8, 4) is 0 Å². The minimum atomic E-state index is -4.56. The molecule has 3 aliphatic heterocycles. The molecule has 0 bridgehead atoms. The topological polar surface area (TPSA) is 88.2 Å². The fourth-order valence-corrected chi connectivity index (χ4v) is 6.05. The molecule has 2 amide bonds. The van der Waals surface area contributed by atoms with Gasteiger partial charge in [0, 0.05) is 56.6 Å². The lowest BCUT2D eigenvalue weighted by molar-refractivity contribution is -0.146. The molecule has 2 aromatic rings. The van der Waals surface area contributed by atoms with Gasteiger partial charge in [0.05, 0.1) is 17.9 Å². The molecule has 1 aliphatic carbocycles. The van der Waals surface area contributed by atoms with Gasteiger partial charge in [-0.3, -0.25) is 4.90 Å². The number of hydrogen-bond donors (Lipinski definition) is 0. The van der Waals surface area contributed by atoms with Gasteiger partial charge >= 0.3 is 18.4 Å². The van der Waals surface area contributed by atoms with E-state index in [1.54, 1.807) is 9.80 Å². The Morgan fingerprint density at radius 3 is 2.17 bits per heavy atom. The zero-order chi connectivity index (χ0) is 25.5. The van der Waals surface area contributed by atoms with Crippen LogP contribution in [0.2, 0.25) is 0 Å². The predicted octanol–water partition coefficient (Wildman–Crippen LogP) is 2.03. The van der Waals surface area contributed by atoms with E-state index >= 15 is 0 Å². The maximum absolute atomic E-state index is 12.8. The summed E-state index contributed by atoms with van der Waals surface area (Å²) in [6, 6.07) is -0.155. The molecule has 16 heteroatoms. The minimum absolute atomic E-state index is 0.0189. The lowest BCUT2D eigenvalue weighted by Gasteiger charge is -2.63. The third kappa shape index (κ3) is 4.18. The Balaban J connectivity index is 0.914. The highest BCUT2D eigenvalue weighted by atomic mass is 19.4. The van der Waals surface area contributed by atoms with Gasteiger partial charge in [0.15, 0.2) is 6.54 Å². The Bertz CT molecular complexity index is 1150. The third-order valence-corrected chi connectivity index (χ3v) is 7.53. The van der Waals surface area contributed by atoms with E-state index in [0.29, 0.717) is 56.1 Å². The smallest absolute Gasteiger partial charge is 0.323 e. The van der Waals surface area contributed by atoms with Gasteiger partial charge in [-0.2, -0.15) is 41.3 Å². The molecule has 1 saturated carbocycles. The van der Waals surface area contributed by atoms with Gasteiger partial charge < -0.3 is 9.80 Å². The molecular formula is C20H23F6N9O. The molecule has 4 fully saturated rings. The lowest BCUT2D eigenvalue weighted by Crippen LogP contribution is -2.75. The minimum Gasteiger partial charge on any atom is -0.323 e. The van der Waals surface area contributed by atoms with Crippen LogP contribution in [0.1, 0.15) is 30.4 Å². The first-order valence-corrected chi connectivity index (χ1v) is 11.5. The molecule has 0 N–H and O–H groups in total. The normalized spacial score (nSPS) is 23.4. The second kappa shape index (κ2) is 7.55. The number of hydrogen-bond acceptors (Lipinski definition) is 6. The number of halogens is 6. The van der Waals surface area contributed by atoms with Crippen molar-refractivity contribution < 1.29 is 31.1 Å². The van der Waals surface area contributed by atoms with Crippen LogP contribution in [0.15, 0.2) is 12.5 Å². The number of aromatic nitrogens is 6. The number of carbonyl (C=O) groups excluding carboxylic acids is 1. The van der Waals surface area contributed by atoms with E-state index in [1.165, 1.54) is 10.9 Å². The van der Waals surface area contributed by atoms with Gasteiger partial charge in [-0.05, 0) is 12.8 Å². The molecule has 0 atom stereocenters. The zero-order valence-electron chi connectivity index (χ0n) is 19.0. The van der Waals surface area contributed by atoms with Crippen LogP contribution in [-0.4, -0.2) is 95.9 Å². The third-order valence-electron chi connectivity index (χ3n) is 7.53. The molecule has 0 radical (unpaired) electrons. The maximum atomic E-state index is 12.8. The second-order valence-corrected chi connectivity index (χ2v) is 10.7. The van der Waals surface area contributed by atoms with E-state index in [9.17, 15) is 31.1 Å². The maximum Gasteiger partial charge on any atom is 0.453 e. The fourth-order valence-electron chi connectivity index (χ4n) is 6.05. The summed E-state index contributed by atoms with van der Waals surface area (Å²) in [5.41, 5.74) is 0.446. The molecule has 10 nitrogen and oxygen atoms in total. The first-order chi connectivity index (χ1) is 16.8. The molecule has 6 rings (SSSR count). The van der Waals surface area contributed by atoms with E-state index in [1.807, 2.05) is 0 Å².